The number of rotatable bonds is 5. The van der Waals surface area contributed by atoms with Crippen LogP contribution in [0.15, 0.2) is 52.4 Å². The number of aliphatic imine (C=N–C) groups is 1. The summed E-state index contributed by atoms with van der Waals surface area (Å²) in [6.45, 7) is 0.488. The topological polar surface area (TPSA) is 109 Å². The maximum Gasteiger partial charge on any atom is 0.238 e. The lowest BCUT2D eigenvalue weighted by molar-refractivity contribution is 0.457. The molecule has 0 atom stereocenters. The molecule has 25 heavy (non-hydrogen) atoms. The smallest absolute Gasteiger partial charge is 0.238 e. The Morgan fingerprint density at radius 1 is 1.20 bits per heavy atom. The number of aromatic hydroxyl groups is 1. The van der Waals surface area contributed by atoms with E-state index >= 15 is 0 Å². The van der Waals surface area contributed by atoms with Crippen molar-refractivity contribution in [1.29, 1.82) is 0 Å². The average molecular weight is 378 g/mol. The normalized spacial score (nSPS) is 12.2. The molecule has 1 heterocycles. The third kappa shape index (κ3) is 4.01. The van der Waals surface area contributed by atoms with Crippen molar-refractivity contribution in [2.24, 2.45) is 10.1 Å². The summed E-state index contributed by atoms with van der Waals surface area (Å²) in [5.74, 6) is 0.0403. The summed E-state index contributed by atoms with van der Waals surface area (Å²) in [6.07, 6.45) is 2.23. The fraction of sp³-hybridized carbons (Fsp3) is 0.118. The van der Waals surface area contributed by atoms with Gasteiger partial charge in [0.25, 0.3) is 0 Å². The number of sulfonamides is 1. The highest BCUT2D eigenvalue weighted by atomic mass is 35.5. The summed E-state index contributed by atoms with van der Waals surface area (Å²) < 4.78 is 22.4. The minimum absolute atomic E-state index is 0.0403. The summed E-state index contributed by atoms with van der Waals surface area (Å²) in [4.78, 5) is 7.28. The average Bonchev–Trinajstić information content (AvgIpc) is 2.86. The van der Waals surface area contributed by atoms with Crippen LogP contribution in [0.4, 0.5) is 0 Å². The zero-order valence-electron chi connectivity index (χ0n) is 13.1. The molecule has 4 N–H and O–H groups in total. The fourth-order valence-corrected chi connectivity index (χ4v) is 3.18. The number of H-pyrrole nitrogens is 1. The van der Waals surface area contributed by atoms with E-state index in [9.17, 15) is 13.5 Å². The second-order valence-corrected chi connectivity index (χ2v) is 7.55. The zero-order chi connectivity index (χ0) is 18.0. The number of primary sulfonamides is 1. The van der Waals surface area contributed by atoms with Gasteiger partial charge in [-0.15, -0.1) is 0 Å². The van der Waals surface area contributed by atoms with Crippen molar-refractivity contribution < 1.29 is 13.5 Å². The van der Waals surface area contributed by atoms with Gasteiger partial charge in [0.2, 0.25) is 10.0 Å². The van der Waals surface area contributed by atoms with E-state index in [4.69, 9.17) is 16.7 Å². The van der Waals surface area contributed by atoms with Gasteiger partial charge in [0.05, 0.1) is 10.5 Å². The quantitative estimate of drug-likeness (QED) is 0.595. The number of aromatic nitrogens is 1. The third-order valence-electron chi connectivity index (χ3n) is 3.78. The predicted octanol–water partition coefficient (Wildman–Crippen LogP) is 2.84. The Kier molecular flexibility index (Phi) is 4.80. The molecule has 8 heteroatoms. The number of nitrogens with one attached hydrogen (secondary N) is 1. The third-order valence-corrected chi connectivity index (χ3v) is 4.95. The van der Waals surface area contributed by atoms with Gasteiger partial charge in [-0.2, -0.15) is 0 Å². The van der Waals surface area contributed by atoms with Gasteiger partial charge in [-0.1, -0.05) is 23.7 Å². The van der Waals surface area contributed by atoms with Gasteiger partial charge in [-0.3, -0.25) is 4.99 Å². The molecule has 0 saturated heterocycles. The lowest BCUT2D eigenvalue weighted by Crippen LogP contribution is -2.11. The fourth-order valence-electron chi connectivity index (χ4n) is 2.50. The van der Waals surface area contributed by atoms with Crippen LogP contribution in [0.25, 0.3) is 10.9 Å². The van der Waals surface area contributed by atoms with Crippen molar-refractivity contribution in [2.45, 2.75) is 11.3 Å². The first-order chi connectivity index (χ1) is 11.8. The number of nitrogens with zero attached hydrogens (tertiary/aromatic N) is 1. The Balaban J connectivity index is 1.70. The summed E-state index contributed by atoms with van der Waals surface area (Å²) in [7, 11) is -3.68. The molecule has 0 saturated carbocycles. The van der Waals surface area contributed by atoms with Crippen molar-refractivity contribution in [2.75, 3.05) is 6.54 Å². The Morgan fingerprint density at radius 2 is 1.92 bits per heavy atom. The van der Waals surface area contributed by atoms with Crippen LogP contribution >= 0.6 is 11.6 Å². The van der Waals surface area contributed by atoms with E-state index in [1.54, 1.807) is 36.5 Å². The molecule has 0 aliphatic rings. The predicted molar refractivity (Wildman–Crippen MR) is 99.0 cm³/mol. The molecule has 0 spiro atoms. The molecule has 1 aromatic heterocycles. The van der Waals surface area contributed by atoms with Crippen LogP contribution < -0.4 is 5.14 Å². The molecule has 0 aliphatic carbocycles. The van der Waals surface area contributed by atoms with Gasteiger partial charge in [0, 0.05) is 28.7 Å². The minimum atomic E-state index is -3.68. The van der Waals surface area contributed by atoms with E-state index in [1.165, 1.54) is 12.1 Å². The molecular formula is C17H16ClN3O3S. The van der Waals surface area contributed by atoms with E-state index in [0.29, 0.717) is 23.6 Å². The second kappa shape index (κ2) is 6.87. The van der Waals surface area contributed by atoms with Crippen LogP contribution in [0.1, 0.15) is 11.1 Å². The molecule has 130 valence electrons. The number of halogens is 1. The summed E-state index contributed by atoms with van der Waals surface area (Å²) >= 11 is 5.99. The first-order valence-electron chi connectivity index (χ1n) is 7.46. The van der Waals surface area contributed by atoms with Crippen LogP contribution in [-0.2, 0) is 16.4 Å². The molecule has 0 fully saturated rings. The van der Waals surface area contributed by atoms with Crippen LogP contribution in [-0.4, -0.2) is 31.3 Å². The number of fused-ring (bicyclic) bond motifs is 1. The van der Waals surface area contributed by atoms with Gasteiger partial charge in [-0.25, -0.2) is 13.6 Å². The van der Waals surface area contributed by atoms with Gasteiger partial charge >= 0.3 is 0 Å². The van der Waals surface area contributed by atoms with Crippen molar-refractivity contribution in [3.8, 4) is 5.88 Å². The van der Waals surface area contributed by atoms with E-state index in [-0.39, 0.29) is 10.8 Å². The first-order valence-corrected chi connectivity index (χ1v) is 9.39. The van der Waals surface area contributed by atoms with Crippen molar-refractivity contribution in [3.63, 3.8) is 0 Å². The maximum absolute atomic E-state index is 11.2. The lowest BCUT2D eigenvalue weighted by atomic mass is 10.1. The maximum atomic E-state index is 11.2. The molecule has 0 aliphatic heterocycles. The number of hydrogen-bond donors (Lipinski definition) is 3. The molecule has 6 nitrogen and oxygen atoms in total. The van der Waals surface area contributed by atoms with E-state index in [1.807, 2.05) is 0 Å². The van der Waals surface area contributed by atoms with Gasteiger partial charge < -0.3 is 10.1 Å². The molecule has 3 rings (SSSR count). The SMILES string of the molecule is NS(=O)(=O)c1ccc(CCN=Cc2c(O)[nH]c3ccc(Cl)cc23)cc1. The van der Waals surface area contributed by atoms with Crippen molar-refractivity contribution in [3.05, 3.63) is 58.6 Å². The largest absolute Gasteiger partial charge is 0.494 e. The summed E-state index contributed by atoms with van der Waals surface area (Å²) in [5, 5.41) is 16.4. The van der Waals surface area contributed by atoms with Crippen LogP contribution in [0.2, 0.25) is 5.02 Å². The standard InChI is InChI=1S/C17H16ClN3O3S/c18-12-3-6-16-14(9-12)15(17(22)21-16)10-20-8-7-11-1-4-13(5-2-11)25(19,23)24/h1-6,9-10,21-22H,7-8H2,(H2,19,23,24). The Hall–Kier alpha value is -2.35. The molecule has 0 bridgehead atoms. The van der Waals surface area contributed by atoms with Crippen LogP contribution in [0.3, 0.4) is 0 Å². The molecule has 3 aromatic rings. The lowest BCUT2D eigenvalue weighted by Gasteiger charge is -2.01. The Morgan fingerprint density at radius 3 is 2.60 bits per heavy atom. The molecule has 0 radical (unpaired) electrons. The first kappa shape index (κ1) is 17.5. The minimum Gasteiger partial charge on any atom is -0.494 e. The van der Waals surface area contributed by atoms with E-state index in [2.05, 4.69) is 9.98 Å². The summed E-state index contributed by atoms with van der Waals surface area (Å²) in [5.41, 5.74) is 2.31. The monoisotopic (exact) mass is 377 g/mol. The zero-order valence-corrected chi connectivity index (χ0v) is 14.7. The second-order valence-electron chi connectivity index (χ2n) is 5.55. The molecule has 2 aromatic carbocycles. The van der Waals surface area contributed by atoms with Crippen LogP contribution in [0, 0.1) is 0 Å². The highest BCUT2D eigenvalue weighted by Gasteiger charge is 2.09. The van der Waals surface area contributed by atoms with Crippen molar-refractivity contribution >= 4 is 38.7 Å². The van der Waals surface area contributed by atoms with Crippen LogP contribution in [0.5, 0.6) is 5.88 Å². The number of aromatic amines is 1. The number of benzene rings is 2. The highest BCUT2D eigenvalue weighted by Crippen LogP contribution is 2.28. The number of nitrogens with two attached hydrogens (primary N) is 1. The van der Waals surface area contributed by atoms with E-state index < -0.39 is 10.0 Å². The Labute approximate surface area is 150 Å². The van der Waals surface area contributed by atoms with E-state index in [0.717, 1.165) is 16.5 Å². The molecular weight excluding hydrogens is 362 g/mol. The number of hydrogen-bond acceptors (Lipinski definition) is 4. The molecule has 0 unspecified atom stereocenters. The van der Waals surface area contributed by atoms with Gasteiger partial charge in [0.15, 0.2) is 5.88 Å². The Bertz CT molecular complexity index is 1040. The molecule has 0 amide bonds. The van der Waals surface area contributed by atoms with Gasteiger partial charge in [-0.05, 0) is 42.3 Å². The van der Waals surface area contributed by atoms with Gasteiger partial charge in [0.1, 0.15) is 0 Å². The van der Waals surface area contributed by atoms with Crippen molar-refractivity contribution in [1.82, 2.24) is 4.98 Å². The highest BCUT2D eigenvalue weighted by molar-refractivity contribution is 7.89. The summed E-state index contributed by atoms with van der Waals surface area (Å²) in [6, 6.07) is 11.7.